The van der Waals surface area contributed by atoms with Crippen LogP contribution in [0.3, 0.4) is 0 Å². The molecule has 1 aromatic rings. The molecular formula is C24H31F5O2. The maximum atomic E-state index is 14.3. The van der Waals surface area contributed by atoms with Crippen molar-refractivity contribution in [3.8, 4) is 0 Å². The lowest BCUT2D eigenvalue weighted by atomic mass is 9.78. The average molecular weight is 447 g/mol. The highest BCUT2D eigenvalue weighted by Crippen LogP contribution is 2.40. The second-order valence-electron chi connectivity index (χ2n) is 8.78. The smallest absolute Gasteiger partial charge is 0.352 e. The van der Waals surface area contributed by atoms with Crippen molar-refractivity contribution in [2.45, 2.75) is 76.7 Å². The Hall–Kier alpha value is -1.47. The fourth-order valence-electron chi connectivity index (χ4n) is 4.58. The van der Waals surface area contributed by atoms with E-state index in [1.165, 1.54) is 31.4 Å². The van der Waals surface area contributed by atoms with Crippen LogP contribution in [0, 0.1) is 23.5 Å². The summed E-state index contributed by atoms with van der Waals surface area (Å²) in [5.41, 5.74) is -0.161. The third-order valence-electron chi connectivity index (χ3n) is 6.38. The number of unbranched alkanes of at least 4 members (excludes halogenated alkanes) is 2. The average Bonchev–Trinajstić information content (AvgIpc) is 2.73. The Balaban J connectivity index is 1.51. The van der Waals surface area contributed by atoms with Crippen molar-refractivity contribution in [2.75, 3.05) is 13.2 Å². The van der Waals surface area contributed by atoms with Gasteiger partial charge in [0.1, 0.15) is 11.6 Å². The SMILES string of the molecule is CCCCCC1COC(C2CCC(c3cc(F)c(C=CC(F)(F)F)c(F)c3)CC2)OC1. The number of ether oxygens (including phenoxy) is 2. The molecule has 174 valence electrons. The van der Waals surface area contributed by atoms with E-state index in [-0.39, 0.29) is 24.2 Å². The fraction of sp³-hybridized carbons (Fsp3) is 0.667. The van der Waals surface area contributed by atoms with Gasteiger partial charge in [-0.3, -0.25) is 0 Å². The predicted molar refractivity (Wildman–Crippen MR) is 109 cm³/mol. The summed E-state index contributed by atoms with van der Waals surface area (Å²) >= 11 is 0. The summed E-state index contributed by atoms with van der Waals surface area (Å²) in [5.74, 6) is -1.24. The third kappa shape index (κ3) is 7.01. The minimum atomic E-state index is -4.62. The molecule has 0 unspecified atom stereocenters. The number of rotatable bonds is 7. The first-order chi connectivity index (χ1) is 14.8. The van der Waals surface area contributed by atoms with Gasteiger partial charge >= 0.3 is 6.18 Å². The van der Waals surface area contributed by atoms with Gasteiger partial charge in [0.2, 0.25) is 0 Å². The monoisotopic (exact) mass is 446 g/mol. The molecule has 0 atom stereocenters. The molecule has 0 bridgehead atoms. The molecule has 1 saturated heterocycles. The van der Waals surface area contributed by atoms with E-state index in [9.17, 15) is 22.0 Å². The molecule has 2 aliphatic rings. The van der Waals surface area contributed by atoms with Gasteiger partial charge < -0.3 is 9.47 Å². The van der Waals surface area contributed by atoms with Crippen LogP contribution in [0.5, 0.6) is 0 Å². The Labute approximate surface area is 180 Å². The van der Waals surface area contributed by atoms with Crippen LogP contribution in [0.15, 0.2) is 18.2 Å². The minimum Gasteiger partial charge on any atom is -0.352 e. The standard InChI is InChI=1S/C24H31F5O2/c1-2-3-4-5-16-14-30-23(31-15-16)18-8-6-17(7-9-18)19-12-21(25)20(22(26)13-19)10-11-24(27,28)29/h10-13,16-18,23H,2-9,14-15H2,1H3. The van der Waals surface area contributed by atoms with E-state index in [1.54, 1.807) is 0 Å². The molecule has 0 radical (unpaired) electrons. The van der Waals surface area contributed by atoms with Crippen LogP contribution in [0.25, 0.3) is 6.08 Å². The zero-order valence-electron chi connectivity index (χ0n) is 17.9. The summed E-state index contributed by atoms with van der Waals surface area (Å²) in [5, 5.41) is 0. The normalized spacial score (nSPS) is 27.7. The first-order valence-electron chi connectivity index (χ1n) is 11.2. The van der Waals surface area contributed by atoms with Crippen LogP contribution < -0.4 is 0 Å². The molecule has 0 amide bonds. The van der Waals surface area contributed by atoms with E-state index >= 15 is 0 Å². The van der Waals surface area contributed by atoms with Gasteiger partial charge in [0.15, 0.2) is 6.29 Å². The summed E-state index contributed by atoms with van der Waals surface area (Å²) in [4.78, 5) is 0. The molecule has 2 nitrogen and oxygen atoms in total. The van der Waals surface area contributed by atoms with E-state index in [0.29, 0.717) is 17.6 Å². The molecule has 2 fully saturated rings. The quantitative estimate of drug-likeness (QED) is 0.321. The zero-order chi connectivity index (χ0) is 22.4. The lowest BCUT2D eigenvalue weighted by Gasteiger charge is -2.37. The molecule has 0 N–H and O–H groups in total. The summed E-state index contributed by atoms with van der Waals surface area (Å²) in [6, 6.07) is 2.33. The Morgan fingerprint density at radius 1 is 0.968 bits per heavy atom. The highest BCUT2D eigenvalue weighted by Gasteiger charge is 2.33. The van der Waals surface area contributed by atoms with Crippen LogP contribution in [0.4, 0.5) is 22.0 Å². The maximum Gasteiger partial charge on any atom is 0.409 e. The maximum absolute atomic E-state index is 14.3. The second-order valence-corrected chi connectivity index (χ2v) is 8.78. The highest BCUT2D eigenvalue weighted by molar-refractivity contribution is 5.52. The van der Waals surface area contributed by atoms with Gasteiger partial charge in [0, 0.05) is 23.5 Å². The van der Waals surface area contributed by atoms with Crippen molar-refractivity contribution in [1.82, 2.24) is 0 Å². The second kappa shape index (κ2) is 10.9. The van der Waals surface area contributed by atoms with E-state index in [1.807, 2.05) is 0 Å². The lowest BCUT2D eigenvalue weighted by molar-refractivity contribution is -0.229. The Morgan fingerprint density at radius 3 is 2.13 bits per heavy atom. The van der Waals surface area contributed by atoms with Gasteiger partial charge in [-0.15, -0.1) is 0 Å². The van der Waals surface area contributed by atoms with Crippen molar-refractivity contribution < 1.29 is 31.4 Å². The van der Waals surface area contributed by atoms with E-state index in [4.69, 9.17) is 9.47 Å². The molecule has 0 aromatic heterocycles. The molecule has 1 aromatic carbocycles. The Bertz CT molecular complexity index is 707. The number of benzene rings is 1. The first kappa shape index (κ1) is 24.2. The summed E-state index contributed by atoms with van der Waals surface area (Å²) in [7, 11) is 0. The van der Waals surface area contributed by atoms with Gasteiger partial charge in [0.25, 0.3) is 0 Å². The number of hydrogen-bond acceptors (Lipinski definition) is 2. The van der Waals surface area contributed by atoms with Gasteiger partial charge in [-0.25, -0.2) is 8.78 Å². The van der Waals surface area contributed by atoms with Crippen molar-refractivity contribution in [1.29, 1.82) is 0 Å². The fourth-order valence-corrected chi connectivity index (χ4v) is 4.58. The predicted octanol–water partition coefficient (Wildman–Crippen LogP) is 7.38. The van der Waals surface area contributed by atoms with Crippen molar-refractivity contribution in [3.63, 3.8) is 0 Å². The Kier molecular flexibility index (Phi) is 8.50. The summed E-state index contributed by atoms with van der Waals surface area (Å²) < 4.78 is 77.4. The number of alkyl halides is 3. The highest BCUT2D eigenvalue weighted by atomic mass is 19.4. The van der Waals surface area contributed by atoms with Crippen LogP contribution in [-0.4, -0.2) is 25.7 Å². The van der Waals surface area contributed by atoms with Crippen molar-refractivity contribution in [3.05, 3.63) is 41.0 Å². The van der Waals surface area contributed by atoms with Gasteiger partial charge in [-0.1, -0.05) is 26.2 Å². The molecule has 31 heavy (non-hydrogen) atoms. The van der Waals surface area contributed by atoms with E-state index < -0.39 is 23.4 Å². The van der Waals surface area contributed by atoms with Crippen molar-refractivity contribution >= 4 is 6.08 Å². The topological polar surface area (TPSA) is 18.5 Å². The van der Waals surface area contributed by atoms with E-state index in [0.717, 1.165) is 45.3 Å². The van der Waals surface area contributed by atoms with Gasteiger partial charge in [0.05, 0.1) is 13.2 Å². The number of allylic oxidation sites excluding steroid dienone is 1. The zero-order valence-corrected chi connectivity index (χ0v) is 17.9. The molecule has 1 aliphatic heterocycles. The molecular weight excluding hydrogens is 415 g/mol. The van der Waals surface area contributed by atoms with Crippen molar-refractivity contribution in [2.24, 2.45) is 11.8 Å². The minimum absolute atomic E-state index is 0.0220. The molecule has 1 saturated carbocycles. The van der Waals surface area contributed by atoms with Crippen LogP contribution >= 0.6 is 0 Å². The molecule has 3 rings (SSSR count). The molecule has 0 spiro atoms. The molecule has 1 aliphatic carbocycles. The molecule has 7 heteroatoms. The van der Waals surface area contributed by atoms with Gasteiger partial charge in [-0.2, -0.15) is 13.2 Å². The third-order valence-corrected chi connectivity index (χ3v) is 6.38. The molecule has 1 heterocycles. The Morgan fingerprint density at radius 2 is 1.58 bits per heavy atom. The largest absolute Gasteiger partial charge is 0.409 e. The number of halogens is 5. The van der Waals surface area contributed by atoms with E-state index in [2.05, 4.69) is 6.92 Å². The van der Waals surface area contributed by atoms with Crippen LogP contribution in [0.2, 0.25) is 0 Å². The first-order valence-corrected chi connectivity index (χ1v) is 11.2. The summed E-state index contributed by atoms with van der Waals surface area (Å²) in [6.45, 7) is 3.62. The van der Waals surface area contributed by atoms with Gasteiger partial charge in [-0.05, 0) is 61.8 Å². The number of hydrogen-bond donors (Lipinski definition) is 0. The van der Waals surface area contributed by atoms with Crippen LogP contribution in [-0.2, 0) is 9.47 Å². The summed E-state index contributed by atoms with van der Waals surface area (Å²) in [6.07, 6.45) is 3.34. The van der Waals surface area contributed by atoms with Crippen LogP contribution in [0.1, 0.15) is 75.3 Å². The lowest BCUT2D eigenvalue weighted by Crippen LogP contribution is -2.38.